The zero-order valence-electron chi connectivity index (χ0n) is 10.7. The maximum atomic E-state index is 5.77. The molecule has 0 saturated carbocycles. The number of H-pyrrole nitrogens is 1. The first-order valence-corrected chi connectivity index (χ1v) is 5.68. The Morgan fingerprint density at radius 1 is 1.22 bits per heavy atom. The van der Waals surface area contributed by atoms with Gasteiger partial charge in [-0.05, 0) is 25.1 Å². The number of hydrogen-bond acceptors (Lipinski definition) is 4. The van der Waals surface area contributed by atoms with Crippen LogP contribution in [0.2, 0.25) is 0 Å². The van der Waals surface area contributed by atoms with Gasteiger partial charge in [0.05, 0.1) is 32.2 Å². The molecule has 18 heavy (non-hydrogen) atoms. The van der Waals surface area contributed by atoms with Gasteiger partial charge in [-0.25, -0.2) is 4.98 Å². The molecule has 1 unspecified atom stereocenters. The van der Waals surface area contributed by atoms with Crippen molar-refractivity contribution >= 4 is 0 Å². The second-order valence-corrected chi connectivity index (χ2v) is 4.04. The van der Waals surface area contributed by atoms with Crippen LogP contribution in [0.5, 0.6) is 11.5 Å². The number of methoxy groups -OCH3 is 2. The summed E-state index contributed by atoms with van der Waals surface area (Å²) in [5.41, 5.74) is 7.65. The van der Waals surface area contributed by atoms with Crippen molar-refractivity contribution < 1.29 is 9.47 Å². The Morgan fingerprint density at radius 2 is 1.94 bits per heavy atom. The fraction of sp³-hybridized carbons (Fsp3) is 0.308. The summed E-state index contributed by atoms with van der Waals surface area (Å²) in [6, 6.07) is 5.59. The van der Waals surface area contributed by atoms with E-state index in [9.17, 15) is 0 Å². The van der Waals surface area contributed by atoms with Gasteiger partial charge in [0.2, 0.25) is 0 Å². The van der Waals surface area contributed by atoms with Gasteiger partial charge in [0.25, 0.3) is 0 Å². The van der Waals surface area contributed by atoms with Gasteiger partial charge in [-0.2, -0.15) is 0 Å². The van der Waals surface area contributed by atoms with Gasteiger partial charge in [-0.3, -0.25) is 0 Å². The van der Waals surface area contributed by atoms with E-state index in [4.69, 9.17) is 15.2 Å². The smallest absolute Gasteiger partial charge is 0.161 e. The average Bonchev–Trinajstić information content (AvgIpc) is 2.87. The second-order valence-electron chi connectivity index (χ2n) is 4.04. The summed E-state index contributed by atoms with van der Waals surface area (Å²) in [4.78, 5) is 7.42. The van der Waals surface area contributed by atoms with Crippen LogP contribution in [-0.2, 0) is 0 Å². The Balaban J connectivity index is 2.38. The molecule has 0 amide bonds. The Morgan fingerprint density at radius 3 is 2.50 bits per heavy atom. The van der Waals surface area contributed by atoms with E-state index in [-0.39, 0.29) is 6.04 Å². The number of nitrogens with two attached hydrogens (primary N) is 1. The van der Waals surface area contributed by atoms with Crippen molar-refractivity contribution in [1.29, 1.82) is 0 Å². The van der Waals surface area contributed by atoms with Crippen LogP contribution in [0.3, 0.4) is 0 Å². The molecule has 0 aliphatic rings. The Bertz CT molecular complexity index is 535. The van der Waals surface area contributed by atoms with Gasteiger partial charge in [0.1, 0.15) is 5.82 Å². The molecule has 0 aliphatic heterocycles. The van der Waals surface area contributed by atoms with Crippen LogP contribution in [0.4, 0.5) is 0 Å². The number of imidazole rings is 1. The van der Waals surface area contributed by atoms with Crippen LogP contribution in [0.15, 0.2) is 24.4 Å². The molecule has 0 aliphatic carbocycles. The number of ether oxygens (including phenoxy) is 2. The standard InChI is InChI=1S/C13H17N3O2/c1-8(14)13-15-7-10(16-13)9-4-5-11(17-2)12(6-9)18-3/h4-8H,14H2,1-3H3,(H,15,16). The molecule has 0 spiro atoms. The van der Waals surface area contributed by atoms with Crippen LogP contribution in [-0.4, -0.2) is 24.2 Å². The summed E-state index contributed by atoms with van der Waals surface area (Å²) in [7, 11) is 3.23. The van der Waals surface area contributed by atoms with Gasteiger partial charge in [-0.15, -0.1) is 0 Å². The zero-order chi connectivity index (χ0) is 13.1. The maximum Gasteiger partial charge on any atom is 0.161 e. The molecule has 5 heteroatoms. The first-order valence-electron chi connectivity index (χ1n) is 5.68. The number of rotatable bonds is 4. The lowest BCUT2D eigenvalue weighted by Crippen LogP contribution is -2.06. The van der Waals surface area contributed by atoms with Crippen molar-refractivity contribution in [2.45, 2.75) is 13.0 Å². The minimum absolute atomic E-state index is 0.112. The van der Waals surface area contributed by atoms with E-state index < -0.39 is 0 Å². The highest BCUT2D eigenvalue weighted by Crippen LogP contribution is 2.31. The van der Waals surface area contributed by atoms with Crippen LogP contribution in [0.25, 0.3) is 11.3 Å². The van der Waals surface area contributed by atoms with Crippen molar-refractivity contribution in [3.05, 3.63) is 30.2 Å². The minimum atomic E-state index is -0.112. The maximum absolute atomic E-state index is 5.77. The molecule has 0 saturated heterocycles. The van der Waals surface area contributed by atoms with E-state index in [1.54, 1.807) is 20.4 Å². The van der Waals surface area contributed by atoms with Crippen molar-refractivity contribution in [3.63, 3.8) is 0 Å². The summed E-state index contributed by atoms with van der Waals surface area (Å²) in [5.74, 6) is 2.15. The predicted octanol–water partition coefficient (Wildman–Crippen LogP) is 2.11. The molecule has 1 aromatic heterocycles. The normalized spacial score (nSPS) is 12.2. The largest absolute Gasteiger partial charge is 0.493 e. The lowest BCUT2D eigenvalue weighted by Gasteiger charge is -2.08. The molecule has 3 N–H and O–H groups in total. The van der Waals surface area contributed by atoms with Gasteiger partial charge < -0.3 is 20.2 Å². The average molecular weight is 247 g/mol. The SMILES string of the molecule is COc1ccc(-c2cnc(C(C)N)[nH]2)cc1OC. The fourth-order valence-electron chi connectivity index (χ4n) is 1.72. The van der Waals surface area contributed by atoms with Gasteiger partial charge in [0.15, 0.2) is 11.5 Å². The molecule has 0 radical (unpaired) electrons. The quantitative estimate of drug-likeness (QED) is 0.867. The molecule has 0 fully saturated rings. The van der Waals surface area contributed by atoms with Crippen molar-refractivity contribution in [2.24, 2.45) is 5.73 Å². The number of benzene rings is 1. The zero-order valence-corrected chi connectivity index (χ0v) is 10.7. The van der Waals surface area contributed by atoms with Crippen molar-refractivity contribution in [3.8, 4) is 22.8 Å². The molecular weight excluding hydrogens is 230 g/mol. The monoisotopic (exact) mass is 247 g/mol. The predicted molar refractivity (Wildman–Crippen MR) is 69.7 cm³/mol. The molecule has 0 bridgehead atoms. The third-order valence-corrected chi connectivity index (χ3v) is 2.72. The highest BCUT2D eigenvalue weighted by molar-refractivity contribution is 5.63. The number of nitrogens with zero attached hydrogens (tertiary/aromatic N) is 1. The summed E-state index contributed by atoms with van der Waals surface area (Å²) >= 11 is 0. The minimum Gasteiger partial charge on any atom is -0.493 e. The molecular formula is C13H17N3O2. The van der Waals surface area contributed by atoms with E-state index in [0.29, 0.717) is 11.5 Å². The number of nitrogens with one attached hydrogen (secondary N) is 1. The van der Waals surface area contributed by atoms with Crippen LogP contribution in [0, 0.1) is 0 Å². The molecule has 1 aromatic carbocycles. The summed E-state index contributed by atoms with van der Waals surface area (Å²) in [6.07, 6.45) is 1.76. The Labute approximate surface area is 106 Å². The molecule has 2 aromatic rings. The first-order chi connectivity index (χ1) is 8.65. The highest BCUT2D eigenvalue weighted by Gasteiger charge is 2.09. The van der Waals surface area contributed by atoms with E-state index in [2.05, 4.69) is 9.97 Å². The van der Waals surface area contributed by atoms with Crippen LogP contribution in [0.1, 0.15) is 18.8 Å². The molecule has 5 nitrogen and oxygen atoms in total. The van der Waals surface area contributed by atoms with E-state index >= 15 is 0 Å². The number of hydrogen-bond donors (Lipinski definition) is 2. The van der Waals surface area contributed by atoms with Crippen molar-refractivity contribution in [2.75, 3.05) is 14.2 Å². The Kier molecular flexibility index (Phi) is 3.53. The second kappa shape index (κ2) is 5.10. The Hall–Kier alpha value is -2.01. The van der Waals surface area contributed by atoms with Crippen LogP contribution >= 0.6 is 0 Å². The highest BCUT2D eigenvalue weighted by atomic mass is 16.5. The molecule has 1 atom stereocenters. The van der Waals surface area contributed by atoms with E-state index in [0.717, 1.165) is 17.1 Å². The third kappa shape index (κ3) is 2.31. The number of aromatic amines is 1. The summed E-state index contributed by atoms with van der Waals surface area (Å²) < 4.78 is 10.5. The fourth-order valence-corrected chi connectivity index (χ4v) is 1.72. The molecule has 96 valence electrons. The van der Waals surface area contributed by atoms with E-state index in [1.807, 2.05) is 25.1 Å². The topological polar surface area (TPSA) is 73.2 Å². The van der Waals surface area contributed by atoms with Gasteiger partial charge in [0, 0.05) is 5.56 Å². The lowest BCUT2D eigenvalue weighted by atomic mass is 10.1. The van der Waals surface area contributed by atoms with Gasteiger partial charge >= 0.3 is 0 Å². The van der Waals surface area contributed by atoms with Crippen LogP contribution < -0.4 is 15.2 Å². The molecule has 2 rings (SSSR count). The first kappa shape index (κ1) is 12.4. The van der Waals surface area contributed by atoms with Crippen molar-refractivity contribution in [1.82, 2.24) is 9.97 Å². The van der Waals surface area contributed by atoms with E-state index in [1.165, 1.54) is 0 Å². The summed E-state index contributed by atoms with van der Waals surface area (Å²) in [5, 5.41) is 0. The molecule has 1 heterocycles. The van der Waals surface area contributed by atoms with Gasteiger partial charge in [-0.1, -0.05) is 0 Å². The third-order valence-electron chi connectivity index (χ3n) is 2.72. The lowest BCUT2D eigenvalue weighted by molar-refractivity contribution is 0.355. The summed E-state index contributed by atoms with van der Waals surface area (Å²) in [6.45, 7) is 1.89. The number of aromatic nitrogens is 2.